The summed E-state index contributed by atoms with van der Waals surface area (Å²) in [7, 11) is 0. The summed E-state index contributed by atoms with van der Waals surface area (Å²) in [6.07, 6.45) is 7.09. The Morgan fingerprint density at radius 2 is 1.05 bits per heavy atom. The average molecular weight is 296 g/mol. The predicted molar refractivity (Wildman–Crippen MR) is 77.7 cm³/mol. The minimum absolute atomic E-state index is 0.607. The SMILES string of the molecule is C1C[C@H]2OC[C@]34[C@H]5[C@H]6[C@H]7[C@H]8[C@@H]9[C@@H](CC[C@H]9OC[C@@]83[C@@H]6[C@H]1[C@H]52)[C@H]74. The van der Waals surface area contributed by atoms with Crippen LogP contribution in [0.3, 0.4) is 0 Å². The van der Waals surface area contributed by atoms with Gasteiger partial charge >= 0.3 is 0 Å². The van der Waals surface area contributed by atoms with Gasteiger partial charge in [-0.25, -0.2) is 0 Å². The summed E-state index contributed by atoms with van der Waals surface area (Å²) in [6.45, 7) is 2.29. The fraction of sp³-hybridized carbons (Fsp3) is 1.00. The van der Waals surface area contributed by atoms with Crippen LogP contribution in [0.1, 0.15) is 25.7 Å². The highest BCUT2D eigenvalue weighted by Crippen LogP contribution is 2.98. The van der Waals surface area contributed by atoms with Crippen LogP contribution in [-0.2, 0) is 9.47 Å². The molecule has 0 amide bonds. The van der Waals surface area contributed by atoms with Crippen LogP contribution in [0.15, 0.2) is 0 Å². The van der Waals surface area contributed by atoms with Gasteiger partial charge in [0.25, 0.3) is 0 Å². The van der Waals surface area contributed by atoms with Gasteiger partial charge in [-0.15, -0.1) is 0 Å². The first-order valence-corrected chi connectivity index (χ1v) is 10.1. The van der Waals surface area contributed by atoms with E-state index in [-0.39, 0.29) is 0 Å². The third-order valence-electron chi connectivity index (χ3n) is 11.6. The molecule has 2 heteroatoms. The molecule has 8 bridgehead atoms. The number of ether oxygens (including phenoxy) is 2. The van der Waals surface area contributed by atoms with Crippen molar-refractivity contribution in [2.45, 2.75) is 37.9 Å². The van der Waals surface area contributed by atoms with Gasteiger partial charge in [0, 0.05) is 10.8 Å². The molecule has 8 aliphatic carbocycles. The van der Waals surface area contributed by atoms with Crippen molar-refractivity contribution in [3.8, 4) is 0 Å². The summed E-state index contributed by atoms with van der Waals surface area (Å²) in [4.78, 5) is 0. The van der Waals surface area contributed by atoms with E-state index in [1.807, 2.05) is 0 Å². The molecule has 116 valence electrons. The van der Waals surface area contributed by atoms with Crippen molar-refractivity contribution in [2.24, 2.45) is 70.0 Å². The van der Waals surface area contributed by atoms with Crippen LogP contribution in [0.25, 0.3) is 0 Å². The molecule has 0 unspecified atom stereocenters. The minimum atomic E-state index is 0.607. The van der Waals surface area contributed by atoms with Crippen molar-refractivity contribution >= 4 is 0 Å². The molecule has 2 spiro atoms. The summed E-state index contributed by atoms with van der Waals surface area (Å²) in [5.74, 6) is 10.6. The normalized spacial score (nSPS) is 85.1. The van der Waals surface area contributed by atoms with Gasteiger partial charge in [0.2, 0.25) is 0 Å². The van der Waals surface area contributed by atoms with E-state index in [0.29, 0.717) is 23.0 Å². The molecule has 14 atom stereocenters. The third-order valence-corrected chi connectivity index (χ3v) is 11.6. The zero-order valence-electron chi connectivity index (χ0n) is 13.0. The van der Waals surface area contributed by atoms with Crippen LogP contribution < -0.4 is 0 Å². The molecule has 8 saturated carbocycles. The number of hydrogen-bond acceptors (Lipinski definition) is 2. The molecule has 10 rings (SSSR count). The van der Waals surface area contributed by atoms with Gasteiger partial charge in [-0.1, -0.05) is 0 Å². The summed E-state index contributed by atoms with van der Waals surface area (Å²) >= 11 is 0. The van der Waals surface area contributed by atoms with Gasteiger partial charge in [-0.3, -0.25) is 0 Å². The van der Waals surface area contributed by atoms with Crippen molar-refractivity contribution in [3.63, 3.8) is 0 Å². The zero-order chi connectivity index (χ0) is 13.6. The van der Waals surface area contributed by atoms with Crippen molar-refractivity contribution in [3.05, 3.63) is 0 Å². The maximum absolute atomic E-state index is 6.64. The van der Waals surface area contributed by atoms with Gasteiger partial charge in [0.1, 0.15) is 0 Å². The molecule has 2 saturated heterocycles. The smallest absolute Gasteiger partial charge is 0.0609 e. The molecule has 2 nitrogen and oxygen atoms in total. The molecule has 10 aliphatic rings. The summed E-state index contributed by atoms with van der Waals surface area (Å²) in [6, 6.07) is 0. The van der Waals surface area contributed by atoms with Crippen LogP contribution in [0.5, 0.6) is 0 Å². The minimum Gasteiger partial charge on any atom is -0.377 e. The average Bonchev–Trinajstić information content (AvgIpc) is 3.29. The van der Waals surface area contributed by atoms with Crippen molar-refractivity contribution in [1.82, 2.24) is 0 Å². The first-order valence-electron chi connectivity index (χ1n) is 10.1. The molecule has 22 heavy (non-hydrogen) atoms. The van der Waals surface area contributed by atoms with Crippen molar-refractivity contribution < 1.29 is 9.47 Å². The molecule has 0 N–H and O–H groups in total. The molecular formula is C20H24O2. The maximum atomic E-state index is 6.64. The second kappa shape index (κ2) is 2.65. The van der Waals surface area contributed by atoms with Crippen LogP contribution in [0.2, 0.25) is 0 Å². The van der Waals surface area contributed by atoms with Gasteiger partial charge in [-0.05, 0) is 84.9 Å². The number of rotatable bonds is 0. The van der Waals surface area contributed by atoms with E-state index in [9.17, 15) is 0 Å². The fourth-order valence-electron chi connectivity index (χ4n) is 12.4. The van der Waals surface area contributed by atoms with Crippen LogP contribution >= 0.6 is 0 Å². The Balaban J connectivity index is 1.41. The van der Waals surface area contributed by atoms with E-state index in [1.54, 1.807) is 0 Å². The second-order valence-corrected chi connectivity index (χ2v) is 10.7. The van der Waals surface area contributed by atoms with E-state index in [2.05, 4.69) is 0 Å². The molecule has 0 radical (unpaired) electrons. The highest BCUT2D eigenvalue weighted by Gasteiger charge is 2.98. The highest BCUT2D eigenvalue weighted by molar-refractivity contribution is 5.44. The Kier molecular flexibility index (Phi) is 1.29. The van der Waals surface area contributed by atoms with E-state index in [4.69, 9.17) is 9.47 Å². The Labute approximate surface area is 131 Å². The quantitative estimate of drug-likeness (QED) is 0.684. The van der Waals surface area contributed by atoms with E-state index in [1.165, 1.54) is 25.7 Å². The Morgan fingerprint density at radius 1 is 0.545 bits per heavy atom. The molecule has 10 fully saturated rings. The summed E-state index contributed by atoms with van der Waals surface area (Å²) < 4.78 is 13.3. The fourth-order valence-corrected chi connectivity index (χ4v) is 12.4. The second-order valence-electron chi connectivity index (χ2n) is 10.7. The largest absolute Gasteiger partial charge is 0.377 e. The van der Waals surface area contributed by atoms with Crippen molar-refractivity contribution in [2.75, 3.05) is 13.2 Å². The molecular weight excluding hydrogens is 272 g/mol. The van der Waals surface area contributed by atoms with E-state index >= 15 is 0 Å². The lowest BCUT2D eigenvalue weighted by atomic mass is 9.43. The van der Waals surface area contributed by atoms with E-state index < -0.39 is 0 Å². The van der Waals surface area contributed by atoms with Gasteiger partial charge in [0.15, 0.2) is 0 Å². The van der Waals surface area contributed by atoms with Gasteiger partial charge < -0.3 is 9.47 Å². The molecule has 0 aromatic rings. The van der Waals surface area contributed by atoms with Crippen LogP contribution in [-0.4, -0.2) is 25.4 Å². The molecule has 0 aromatic carbocycles. The molecule has 0 aromatic heterocycles. The monoisotopic (exact) mass is 296 g/mol. The van der Waals surface area contributed by atoms with Crippen LogP contribution in [0.4, 0.5) is 0 Å². The lowest BCUT2D eigenvalue weighted by molar-refractivity contribution is -0.275. The standard InChI is InChI=1S/C20H24O2/c1-3-9-11-7(1)15-13-14-16-8-2-4-10-12(8)18(14)19(15,5-22-10)20(16,6-21-9)17(11)13/h7-18H,1-6H2/t7-,8-,9-,10-,11-,12+,13-,14+,15-,16-,17-,18-,19+,20-/m1/s1. The summed E-state index contributed by atoms with van der Waals surface area (Å²) in [5.41, 5.74) is 1.21. The Morgan fingerprint density at radius 3 is 1.55 bits per heavy atom. The maximum Gasteiger partial charge on any atom is 0.0609 e. The third kappa shape index (κ3) is 0.624. The summed E-state index contributed by atoms with van der Waals surface area (Å²) in [5, 5.41) is 0. The molecule has 2 aliphatic heterocycles. The van der Waals surface area contributed by atoms with Gasteiger partial charge in [-0.2, -0.15) is 0 Å². The molecule has 2 heterocycles. The van der Waals surface area contributed by atoms with Crippen molar-refractivity contribution in [1.29, 1.82) is 0 Å². The Bertz CT molecular complexity index is 588. The van der Waals surface area contributed by atoms with E-state index in [0.717, 1.165) is 72.4 Å². The topological polar surface area (TPSA) is 18.5 Å². The number of hydrogen-bond donors (Lipinski definition) is 0. The predicted octanol–water partition coefficient (Wildman–Crippen LogP) is 2.57. The first kappa shape index (κ1) is 10.7. The van der Waals surface area contributed by atoms with Gasteiger partial charge in [0.05, 0.1) is 25.4 Å². The first-order chi connectivity index (χ1) is 10.9. The Hall–Kier alpha value is -0.0800. The van der Waals surface area contributed by atoms with Crippen LogP contribution in [0, 0.1) is 70.0 Å². The lowest BCUT2D eigenvalue weighted by Crippen LogP contribution is -2.67. The lowest BCUT2D eigenvalue weighted by Gasteiger charge is -2.65. The highest BCUT2D eigenvalue weighted by atomic mass is 16.5. The zero-order valence-corrected chi connectivity index (χ0v) is 13.0.